The number of thiophene rings is 1. The third kappa shape index (κ3) is 4.25. The molecular weight excluding hydrogens is 436 g/mol. The number of aromatic amines is 1. The molecule has 0 aliphatic carbocycles. The van der Waals surface area contributed by atoms with Crippen molar-refractivity contribution in [1.29, 1.82) is 0 Å². The van der Waals surface area contributed by atoms with Crippen molar-refractivity contribution in [1.82, 2.24) is 20.5 Å². The first kappa shape index (κ1) is 21.0. The van der Waals surface area contributed by atoms with Crippen molar-refractivity contribution in [3.05, 3.63) is 94.3 Å². The molecule has 7 nitrogen and oxygen atoms in total. The number of nitrogens with zero attached hydrogens (tertiary/aromatic N) is 1. The summed E-state index contributed by atoms with van der Waals surface area (Å²) in [4.78, 5) is 43.5. The number of nitrogens with one attached hydrogen (secondary N) is 3. The van der Waals surface area contributed by atoms with E-state index < -0.39 is 23.9 Å². The van der Waals surface area contributed by atoms with Crippen LogP contribution in [0.5, 0.6) is 0 Å². The lowest BCUT2D eigenvalue weighted by atomic mass is 10.0. The molecule has 5 rings (SSSR count). The number of benzene rings is 2. The fourth-order valence-electron chi connectivity index (χ4n) is 4.16. The zero-order valence-corrected chi connectivity index (χ0v) is 18.5. The molecule has 33 heavy (non-hydrogen) atoms. The summed E-state index contributed by atoms with van der Waals surface area (Å²) in [5.41, 5.74) is 2.85. The van der Waals surface area contributed by atoms with Crippen LogP contribution in [0.1, 0.15) is 22.0 Å². The van der Waals surface area contributed by atoms with E-state index >= 15 is 0 Å². The molecule has 2 aromatic heterocycles. The molecule has 0 radical (unpaired) electrons. The number of amides is 4. The fourth-order valence-corrected chi connectivity index (χ4v) is 4.96. The van der Waals surface area contributed by atoms with Crippen LogP contribution in [0.2, 0.25) is 0 Å². The SMILES string of the molecule is O=C(CN1C(=O)NC(Cc2c[nH]c3ccccc23)C1=O)NC(c1ccccc1)c1cccs1. The number of rotatable bonds is 7. The summed E-state index contributed by atoms with van der Waals surface area (Å²) in [6.07, 6.45) is 2.21. The average molecular weight is 459 g/mol. The van der Waals surface area contributed by atoms with Gasteiger partial charge in [0.1, 0.15) is 12.6 Å². The summed E-state index contributed by atoms with van der Waals surface area (Å²) in [7, 11) is 0. The number of aromatic nitrogens is 1. The first-order valence-corrected chi connectivity index (χ1v) is 11.5. The topological polar surface area (TPSA) is 94.3 Å². The molecule has 3 heterocycles. The number of H-pyrrole nitrogens is 1. The molecule has 8 heteroatoms. The minimum Gasteiger partial charge on any atom is -0.361 e. The van der Waals surface area contributed by atoms with Crippen LogP contribution in [0.15, 0.2) is 78.3 Å². The Morgan fingerprint density at radius 1 is 1.03 bits per heavy atom. The highest BCUT2D eigenvalue weighted by molar-refractivity contribution is 7.10. The second-order valence-corrected chi connectivity index (χ2v) is 8.90. The second-order valence-electron chi connectivity index (χ2n) is 7.92. The third-order valence-electron chi connectivity index (χ3n) is 5.77. The molecule has 2 atom stereocenters. The lowest BCUT2D eigenvalue weighted by Crippen LogP contribution is -2.42. The quantitative estimate of drug-likeness (QED) is 0.370. The molecule has 2 unspecified atom stereocenters. The first-order chi connectivity index (χ1) is 16.1. The Kier molecular flexibility index (Phi) is 5.66. The molecule has 1 aliphatic rings. The lowest BCUT2D eigenvalue weighted by molar-refractivity contribution is -0.132. The van der Waals surface area contributed by atoms with Crippen molar-refractivity contribution in [2.24, 2.45) is 0 Å². The molecule has 166 valence electrons. The summed E-state index contributed by atoms with van der Waals surface area (Å²) in [6.45, 7) is -0.330. The van der Waals surface area contributed by atoms with Crippen molar-refractivity contribution in [3.63, 3.8) is 0 Å². The summed E-state index contributed by atoms with van der Waals surface area (Å²) in [6, 6.07) is 19.7. The van der Waals surface area contributed by atoms with Crippen LogP contribution < -0.4 is 10.6 Å². The second kappa shape index (κ2) is 8.91. The lowest BCUT2D eigenvalue weighted by Gasteiger charge is -2.20. The van der Waals surface area contributed by atoms with Gasteiger partial charge in [-0.25, -0.2) is 4.79 Å². The highest BCUT2D eigenvalue weighted by Crippen LogP contribution is 2.26. The van der Waals surface area contributed by atoms with Gasteiger partial charge < -0.3 is 15.6 Å². The van der Waals surface area contributed by atoms with E-state index in [9.17, 15) is 14.4 Å². The molecule has 0 spiro atoms. The Morgan fingerprint density at radius 3 is 2.61 bits per heavy atom. The number of urea groups is 1. The standard InChI is InChI=1S/C25H22N4O3S/c30-22(28-23(21-11-6-12-33-21)16-7-2-1-3-8-16)15-29-24(31)20(27-25(29)32)13-17-14-26-19-10-5-4-9-18(17)19/h1-12,14,20,23,26H,13,15H2,(H,27,32)(H,28,30). The number of carbonyl (C=O) groups is 3. The van der Waals surface area contributed by atoms with Crippen LogP contribution in [0.3, 0.4) is 0 Å². The van der Waals surface area contributed by atoms with Crippen molar-refractivity contribution >= 4 is 40.1 Å². The van der Waals surface area contributed by atoms with Gasteiger partial charge in [0.25, 0.3) is 5.91 Å². The first-order valence-electron chi connectivity index (χ1n) is 10.6. The van der Waals surface area contributed by atoms with Gasteiger partial charge in [0.15, 0.2) is 0 Å². The predicted octanol–water partition coefficient (Wildman–Crippen LogP) is 3.60. The van der Waals surface area contributed by atoms with Crippen LogP contribution in [0.4, 0.5) is 4.79 Å². The zero-order chi connectivity index (χ0) is 22.8. The molecule has 3 N–H and O–H groups in total. The minimum absolute atomic E-state index is 0.330. The van der Waals surface area contributed by atoms with Gasteiger partial charge in [-0.1, -0.05) is 54.6 Å². The Morgan fingerprint density at radius 2 is 1.82 bits per heavy atom. The van der Waals surface area contributed by atoms with Crippen molar-refractivity contribution in [2.45, 2.75) is 18.5 Å². The summed E-state index contributed by atoms with van der Waals surface area (Å²) in [5, 5.41) is 8.66. The molecular formula is C25H22N4O3S. The molecule has 1 aliphatic heterocycles. The van der Waals surface area contributed by atoms with Gasteiger partial charge in [-0.3, -0.25) is 14.5 Å². The predicted molar refractivity (Wildman–Crippen MR) is 127 cm³/mol. The van der Waals surface area contributed by atoms with Crippen molar-refractivity contribution in [3.8, 4) is 0 Å². The van der Waals surface area contributed by atoms with E-state index in [1.54, 1.807) is 0 Å². The zero-order valence-electron chi connectivity index (χ0n) is 17.7. The number of imide groups is 1. The maximum atomic E-state index is 13.0. The number of para-hydroxylation sites is 1. The van der Waals surface area contributed by atoms with Crippen molar-refractivity contribution < 1.29 is 14.4 Å². The van der Waals surface area contributed by atoms with Crippen LogP contribution in [-0.2, 0) is 16.0 Å². The number of hydrogen-bond acceptors (Lipinski definition) is 4. The van der Waals surface area contributed by atoms with Crippen LogP contribution >= 0.6 is 11.3 Å². The monoisotopic (exact) mass is 458 g/mol. The molecule has 0 bridgehead atoms. The van der Waals surface area contributed by atoms with Gasteiger partial charge in [0.2, 0.25) is 5.91 Å². The third-order valence-corrected chi connectivity index (χ3v) is 6.71. The molecule has 4 aromatic rings. The van der Waals surface area contributed by atoms with Crippen LogP contribution in [0.25, 0.3) is 10.9 Å². The number of hydrogen-bond donors (Lipinski definition) is 3. The van der Waals surface area contributed by atoms with Crippen molar-refractivity contribution in [2.75, 3.05) is 6.54 Å². The minimum atomic E-state index is -0.702. The van der Waals surface area contributed by atoms with E-state index in [1.807, 2.05) is 78.3 Å². The van der Waals surface area contributed by atoms with Gasteiger partial charge in [-0.15, -0.1) is 11.3 Å². The van der Waals surface area contributed by atoms with E-state index in [0.29, 0.717) is 6.42 Å². The van der Waals surface area contributed by atoms with Crippen LogP contribution in [-0.4, -0.2) is 40.3 Å². The maximum absolute atomic E-state index is 13.0. The molecule has 4 amide bonds. The summed E-state index contributed by atoms with van der Waals surface area (Å²) >= 11 is 1.54. The van der Waals surface area contributed by atoms with E-state index in [4.69, 9.17) is 0 Å². The molecule has 1 fully saturated rings. The fraction of sp³-hybridized carbons (Fsp3) is 0.160. The number of fused-ring (bicyclic) bond motifs is 1. The Labute approximate surface area is 194 Å². The van der Waals surface area contributed by atoms with Gasteiger partial charge in [-0.2, -0.15) is 0 Å². The van der Waals surface area contributed by atoms with Gasteiger partial charge in [-0.05, 0) is 28.6 Å². The Balaban J connectivity index is 1.28. The average Bonchev–Trinajstić information content (AvgIpc) is 3.56. The van der Waals surface area contributed by atoms with Gasteiger partial charge in [0, 0.05) is 28.4 Å². The van der Waals surface area contributed by atoms with E-state index in [1.165, 1.54) is 11.3 Å². The normalized spacial score (nSPS) is 16.7. The highest BCUT2D eigenvalue weighted by Gasteiger charge is 2.39. The van der Waals surface area contributed by atoms with Gasteiger partial charge >= 0.3 is 6.03 Å². The Bertz CT molecular complexity index is 1300. The highest BCUT2D eigenvalue weighted by atomic mass is 32.1. The number of carbonyl (C=O) groups excluding carboxylic acids is 3. The summed E-state index contributed by atoms with van der Waals surface area (Å²) in [5.74, 6) is -0.790. The Hall–Kier alpha value is -3.91. The molecule has 2 aromatic carbocycles. The van der Waals surface area contributed by atoms with Crippen LogP contribution in [0, 0.1) is 0 Å². The maximum Gasteiger partial charge on any atom is 0.325 e. The van der Waals surface area contributed by atoms with Gasteiger partial charge in [0.05, 0.1) is 6.04 Å². The smallest absolute Gasteiger partial charge is 0.325 e. The summed E-state index contributed by atoms with van der Waals surface area (Å²) < 4.78 is 0. The van der Waals surface area contributed by atoms with E-state index in [2.05, 4.69) is 15.6 Å². The van der Waals surface area contributed by atoms with E-state index in [-0.39, 0.29) is 12.6 Å². The largest absolute Gasteiger partial charge is 0.361 e. The molecule has 1 saturated heterocycles. The molecule has 0 saturated carbocycles. The van der Waals surface area contributed by atoms with E-state index in [0.717, 1.165) is 31.8 Å².